The number of methoxy groups -OCH3 is 4. The number of carbonyl (C=O) groups excluding carboxylic acids is 5. The van der Waals surface area contributed by atoms with Gasteiger partial charge in [0.15, 0.2) is 23.0 Å². The number of hydrogen-bond acceptors (Lipinski definition) is 15. The van der Waals surface area contributed by atoms with Gasteiger partial charge in [0, 0.05) is 114 Å². The lowest BCUT2D eigenvalue weighted by Gasteiger charge is -2.45. The SMILES string of the molecule is COCCCOc1cc(C(=O)N(C(C)C)[C@@H]2CC[C@H](CCN(C(=O)CC(C)(C)C#N)C3CC3)N(C(=O)OC(C)(C)C)C2)ccc1OC.COCCCOc1cc(C(=O)N(C(C)C)[C@@H]2CC[C@H](CCNC3CC3)N(C(=O)OC(C)(C)C)C2)ccc1OC. The predicted octanol–water partition coefficient (Wildman–Crippen LogP) is 10.9. The van der Waals surface area contributed by atoms with Crippen molar-refractivity contribution in [1.29, 1.82) is 5.26 Å². The van der Waals surface area contributed by atoms with E-state index in [9.17, 15) is 29.2 Å². The monoisotopic (exact) mass is 1200 g/mol. The molecule has 1 N–H and O–H groups in total. The van der Waals surface area contributed by atoms with Crippen molar-refractivity contribution in [2.75, 3.05) is 81.0 Å². The maximum absolute atomic E-state index is 14.1. The third-order valence-corrected chi connectivity index (χ3v) is 15.7. The van der Waals surface area contributed by atoms with E-state index in [1.54, 1.807) is 83.6 Å². The summed E-state index contributed by atoms with van der Waals surface area (Å²) < 4.78 is 44.7. The lowest BCUT2D eigenvalue weighted by molar-refractivity contribution is -0.133. The molecule has 2 aliphatic carbocycles. The Hall–Kier alpha value is -6.04. The first kappa shape index (κ1) is 70.7. The van der Waals surface area contributed by atoms with Gasteiger partial charge in [-0.05, 0) is 190 Å². The van der Waals surface area contributed by atoms with Gasteiger partial charge in [0.2, 0.25) is 5.91 Å². The smallest absolute Gasteiger partial charge is 0.410 e. The van der Waals surface area contributed by atoms with E-state index in [1.807, 2.05) is 88.8 Å². The molecule has 482 valence electrons. The second-order valence-electron chi connectivity index (χ2n) is 26.6. The average molecular weight is 1200 g/mol. The number of benzene rings is 2. The van der Waals surface area contributed by atoms with E-state index in [0.29, 0.717) is 112 Å². The van der Waals surface area contributed by atoms with Gasteiger partial charge in [-0.1, -0.05) is 0 Å². The normalized spacial score (nSPS) is 18.9. The molecule has 86 heavy (non-hydrogen) atoms. The van der Waals surface area contributed by atoms with Gasteiger partial charge < -0.3 is 67.7 Å². The lowest BCUT2D eigenvalue weighted by Crippen LogP contribution is -2.58. The minimum absolute atomic E-state index is 0.0188. The highest BCUT2D eigenvalue weighted by Crippen LogP contribution is 2.36. The van der Waals surface area contributed by atoms with E-state index < -0.39 is 22.7 Å². The first-order chi connectivity index (χ1) is 40.6. The van der Waals surface area contributed by atoms with Gasteiger partial charge in [0.1, 0.15) is 11.2 Å². The summed E-state index contributed by atoms with van der Waals surface area (Å²) in [6.07, 6.45) is 9.73. The third kappa shape index (κ3) is 22.0. The molecule has 4 atom stereocenters. The van der Waals surface area contributed by atoms with Gasteiger partial charge in [-0.15, -0.1) is 0 Å². The topological polar surface area (TPSA) is 211 Å². The van der Waals surface area contributed by atoms with Crippen molar-refractivity contribution >= 4 is 29.9 Å². The summed E-state index contributed by atoms with van der Waals surface area (Å²) in [5, 5.41) is 13.1. The van der Waals surface area contributed by atoms with Gasteiger partial charge >= 0.3 is 12.2 Å². The van der Waals surface area contributed by atoms with Crippen LogP contribution in [0.1, 0.15) is 187 Å². The quantitative estimate of drug-likeness (QED) is 0.0785. The van der Waals surface area contributed by atoms with Gasteiger partial charge in [-0.3, -0.25) is 14.4 Å². The van der Waals surface area contributed by atoms with Crippen molar-refractivity contribution in [3.8, 4) is 29.1 Å². The first-order valence-electron chi connectivity index (χ1n) is 31.3. The van der Waals surface area contributed by atoms with Crippen molar-refractivity contribution in [3.05, 3.63) is 47.5 Å². The number of nitrogens with zero attached hydrogens (tertiary/aromatic N) is 6. The Bertz CT molecular complexity index is 2550. The standard InChI is InChI=1S/C36H56N4O7.C30H49N3O6/c1-25(2)40(33(42)26-11-16-30(45-9)31(21-26)46-20-10-19-44-8)29-15-14-28(39(23-29)34(43)47-35(3,4)5)17-18-38(27-12-13-27)32(41)22-36(6,7)24-37;1-21(2)33(28(34)22-9-14-26(37-7)27(19-22)38-18-8-17-36-6)25-13-12-24(15-16-31-23-10-11-23)32(20-25)29(35)39-30(3,4)5/h11,16,21,25,27-29H,10,12-15,17-20,22-23H2,1-9H3;9,14,19,21,23-25,31H,8,10-13,15-18,20H2,1-7H3/t28-,29-;24-,25-/m11/s1. The van der Waals surface area contributed by atoms with Crippen LogP contribution in [0.25, 0.3) is 0 Å². The second kappa shape index (κ2) is 32.8. The maximum Gasteiger partial charge on any atom is 0.410 e. The van der Waals surface area contributed by atoms with E-state index >= 15 is 0 Å². The van der Waals surface area contributed by atoms with Crippen LogP contribution in [-0.4, -0.2) is 195 Å². The van der Waals surface area contributed by atoms with Crippen LogP contribution in [0.4, 0.5) is 9.59 Å². The van der Waals surface area contributed by atoms with E-state index in [1.165, 1.54) is 12.8 Å². The van der Waals surface area contributed by atoms with E-state index in [0.717, 1.165) is 45.1 Å². The Morgan fingerprint density at radius 3 is 1.40 bits per heavy atom. The number of carbonyl (C=O) groups is 5. The molecule has 2 saturated carbocycles. The van der Waals surface area contributed by atoms with Gasteiger partial charge in [0.05, 0.1) is 51.0 Å². The minimum Gasteiger partial charge on any atom is -0.493 e. The van der Waals surface area contributed by atoms with Crippen LogP contribution in [0.15, 0.2) is 36.4 Å². The average Bonchev–Trinajstić information content (AvgIpc) is 1.67. The zero-order chi connectivity index (χ0) is 63.5. The fraction of sp³-hybridized carbons (Fsp3) is 0.727. The maximum atomic E-state index is 14.1. The van der Waals surface area contributed by atoms with E-state index in [-0.39, 0.29) is 72.5 Å². The third-order valence-electron chi connectivity index (χ3n) is 15.7. The second-order valence-corrected chi connectivity index (χ2v) is 26.6. The highest BCUT2D eigenvalue weighted by Gasteiger charge is 2.42. The molecule has 0 spiro atoms. The lowest BCUT2D eigenvalue weighted by atomic mass is 9.90. The zero-order valence-electron chi connectivity index (χ0n) is 54.9. The van der Waals surface area contributed by atoms with Crippen molar-refractivity contribution in [3.63, 3.8) is 0 Å². The molecular formula is C66H105N7O13. The van der Waals surface area contributed by atoms with Crippen LogP contribution >= 0.6 is 0 Å². The number of hydrogen-bond donors (Lipinski definition) is 1. The largest absolute Gasteiger partial charge is 0.493 e. The number of rotatable bonds is 28. The Balaban J connectivity index is 0.000000319. The van der Waals surface area contributed by atoms with E-state index in [4.69, 9.17) is 37.9 Å². The molecule has 6 rings (SSSR count). The van der Waals surface area contributed by atoms with Crippen LogP contribution in [0, 0.1) is 16.7 Å². The predicted molar refractivity (Wildman–Crippen MR) is 331 cm³/mol. The van der Waals surface area contributed by atoms with Gasteiger partial charge in [-0.25, -0.2) is 9.59 Å². The Labute approximate surface area is 514 Å². The molecule has 20 nitrogen and oxygen atoms in total. The molecule has 2 aromatic carbocycles. The molecular weight excluding hydrogens is 1100 g/mol. The van der Waals surface area contributed by atoms with Gasteiger partial charge in [0.25, 0.3) is 11.8 Å². The summed E-state index contributed by atoms with van der Waals surface area (Å²) in [6.45, 7) is 26.9. The molecule has 20 heteroatoms. The van der Waals surface area contributed by atoms with Crippen molar-refractivity contribution < 1.29 is 61.9 Å². The highest BCUT2D eigenvalue weighted by atomic mass is 16.6. The number of nitrogens with one attached hydrogen (secondary N) is 1. The summed E-state index contributed by atoms with van der Waals surface area (Å²) in [5.74, 6) is 1.89. The summed E-state index contributed by atoms with van der Waals surface area (Å²) in [7, 11) is 6.45. The fourth-order valence-corrected chi connectivity index (χ4v) is 11.2. The number of likely N-dealkylation sites (tertiary alicyclic amines) is 2. The molecule has 0 bridgehead atoms. The molecule has 2 aromatic rings. The molecule has 4 aliphatic rings. The Kier molecular flexibility index (Phi) is 27.0. The van der Waals surface area contributed by atoms with Crippen molar-refractivity contribution in [2.45, 2.75) is 226 Å². The van der Waals surface area contributed by atoms with E-state index in [2.05, 4.69) is 11.4 Å². The zero-order valence-corrected chi connectivity index (χ0v) is 54.9. The number of piperidine rings is 2. The van der Waals surface area contributed by atoms with Crippen LogP contribution in [0.3, 0.4) is 0 Å². The number of ether oxygens (including phenoxy) is 8. The molecule has 0 radical (unpaired) electrons. The summed E-state index contributed by atoms with van der Waals surface area (Å²) in [5.41, 5.74) is -1.00. The summed E-state index contributed by atoms with van der Waals surface area (Å²) >= 11 is 0. The molecule has 4 fully saturated rings. The van der Waals surface area contributed by atoms with Crippen LogP contribution < -0.4 is 24.3 Å². The molecule has 0 aromatic heterocycles. The Morgan fingerprint density at radius 1 is 0.593 bits per heavy atom. The number of amides is 5. The molecule has 0 unspecified atom stereocenters. The molecule has 5 amide bonds. The summed E-state index contributed by atoms with van der Waals surface area (Å²) in [4.78, 5) is 77.6. The van der Waals surface area contributed by atoms with Crippen LogP contribution in [0.2, 0.25) is 0 Å². The first-order valence-corrected chi connectivity index (χ1v) is 31.3. The highest BCUT2D eigenvalue weighted by molar-refractivity contribution is 5.96. The van der Waals surface area contributed by atoms with Gasteiger partial charge in [-0.2, -0.15) is 5.26 Å². The molecule has 2 aliphatic heterocycles. The van der Waals surface area contributed by atoms with Crippen LogP contribution in [0.5, 0.6) is 23.0 Å². The Morgan fingerprint density at radius 2 is 1.02 bits per heavy atom. The fourth-order valence-electron chi connectivity index (χ4n) is 11.2. The molecule has 2 heterocycles. The van der Waals surface area contributed by atoms with Crippen LogP contribution in [-0.2, 0) is 23.7 Å². The van der Waals surface area contributed by atoms with Crippen molar-refractivity contribution in [2.24, 2.45) is 5.41 Å². The molecule has 2 saturated heterocycles. The minimum atomic E-state index is -0.738. The summed E-state index contributed by atoms with van der Waals surface area (Å²) in [6, 6.07) is 12.9. The number of nitriles is 1. The van der Waals surface area contributed by atoms with Crippen molar-refractivity contribution in [1.82, 2.24) is 29.8 Å².